The lowest BCUT2D eigenvalue weighted by Crippen LogP contribution is -2.51. The maximum absolute atomic E-state index is 13.1. The van der Waals surface area contributed by atoms with Gasteiger partial charge in [0.2, 0.25) is 11.8 Å². The van der Waals surface area contributed by atoms with Crippen LogP contribution in [0.5, 0.6) is 5.88 Å². The van der Waals surface area contributed by atoms with Crippen LogP contribution in [0.3, 0.4) is 0 Å². The maximum Gasteiger partial charge on any atom is 0.259 e. The Morgan fingerprint density at radius 1 is 1.40 bits per heavy atom. The average Bonchev–Trinajstić information content (AvgIpc) is 2.76. The van der Waals surface area contributed by atoms with Gasteiger partial charge in [0.05, 0.1) is 19.2 Å². The van der Waals surface area contributed by atoms with E-state index in [0.29, 0.717) is 23.1 Å². The summed E-state index contributed by atoms with van der Waals surface area (Å²) in [7, 11) is 1.83. The first-order valence-corrected chi connectivity index (χ1v) is 11.6. The summed E-state index contributed by atoms with van der Waals surface area (Å²) in [5, 5.41) is 9.68. The van der Waals surface area contributed by atoms with Crippen LogP contribution in [-0.2, 0) is 4.79 Å². The third-order valence-corrected chi connectivity index (χ3v) is 6.71. The summed E-state index contributed by atoms with van der Waals surface area (Å²) in [6.07, 6.45) is 6.65. The number of halogens is 1. The van der Waals surface area contributed by atoms with Gasteiger partial charge in [-0.25, -0.2) is 4.98 Å². The molecule has 1 aromatic heterocycles. The number of ether oxygens (including phenoxy) is 1. The Morgan fingerprint density at radius 2 is 2.10 bits per heavy atom. The summed E-state index contributed by atoms with van der Waals surface area (Å²) in [6.45, 7) is 4.58. The second-order valence-corrected chi connectivity index (χ2v) is 9.60. The standard InChI is InChI=1S/C22H32BrN3O4/c1-14-11-26(15(2)13-27)22(29)18-9-17(23)10-24-20(18)30-19(14)12-25(3)21(28)16-7-5-4-6-8-16/h9-10,14-16,19,27H,4-8,11-13H2,1-3H3/t14-,15-,19+/m0/s1. The molecular formula is C22H32BrN3O4. The van der Waals surface area contributed by atoms with E-state index in [1.54, 1.807) is 22.1 Å². The highest BCUT2D eigenvalue weighted by Gasteiger charge is 2.35. The van der Waals surface area contributed by atoms with Crippen molar-refractivity contribution in [3.05, 3.63) is 22.3 Å². The van der Waals surface area contributed by atoms with Crippen molar-refractivity contribution in [1.82, 2.24) is 14.8 Å². The highest BCUT2D eigenvalue weighted by molar-refractivity contribution is 9.10. The Kier molecular flexibility index (Phi) is 7.74. The Labute approximate surface area is 186 Å². The van der Waals surface area contributed by atoms with E-state index in [-0.39, 0.29) is 48.3 Å². The Bertz CT molecular complexity index is 769. The fourth-order valence-electron chi connectivity index (χ4n) is 4.32. The number of hydrogen-bond acceptors (Lipinski definition) is 5. The number of carbonyl (C=O) groups excluding carboxylic acids is 2. The summed E-state index contributed by atoms with van der Waals surface area (Å²) >= 11 is 3.38. The van der Waals surface area contributed by atoms with Crippen LogP contribution >= 0.6 is 15.9 Å². The quantitative estimate of drug-likeness (QED) is 0.698. The van der Waals surface area contributed by atoms with Gasteiger partial charge in [-0.1, -0.05) is 26.2 Å². The number of pyridine rings is 1. The molecule has 0 unspecified atom stereocenters. The van der Waals surface area contributed by atoms with Crippen molar-refractivity contribution in [2.24, 2.45) is 11.8 Å². The zero-order valence-electron chi connectivity index (χ0n) is 18.0. The third kappa shape index (κ3) is 5.14. The lowest BCUT2D eigenvalue weighted by molar-refractivity contribution is -0.136. The number of hydrogen-bond donors (Lipinski definition) is 1. The molecule has 0 bridgehead atoms. The van der Waals surface area contributed by atoms with Crippen molar-refractivity contribution in [2.45, 2.75) is 58.1 Å². The van der Waals surface area contributed by atoms with Crippen LogP contribution in [0.1, 0.15) is 56.3 Å². The second-order valence-electron chi connectivity index (χ2n) is 8.68. The number of amides is 2. The molecule has 2 heterocycles. The number of aromatic nitrogens is 1. The summed E-state index contributed by atoms with van der Waals surface area (Å²) < 4.78 is 6.89. The van der Waals surface area contributed by atoms with Crippen molar-refractivity contribution in [3.63, 3.8) is 0 Å². The number of aliphatic hydroxyl groups is 1. The molecule has 30 heavy (non-hydrogen) atoms. The molecule has 1 N–H and O–H groups in total. The van der Waals surface area contributed by atoms with E-state index in [1.165, 1.54) is 6.42 Å². The highest BCUT2D eigenvalue weighted by atomic mass is 79.9. The van der Waals surface area contributed by atoms with Gasteiger partial charge in [0.15, 0.2) is 0 Å². The van der Waals surface area contributed by atoms with Crippen LogP contribution in [0, 0.1) is 11.8 Å². The van der Waals surface area contributed by atoms with Crippen LogP contribution in [0.4, 0.5) is 0 Å². The Balaban J connectivity index is 1.84. The van der Waals surface area contributed by atoms with E-state index >= 15 is 0 Å². The molecule has 3 atom stereocenters. The van der Waals surface area contributed by atoms with Gasteiger partial charge < -0.3 is 19.6 Å². The molecule has 0 spiro atoms. The first kappa shape index (κ1) is 23.0. The summed E-state index contributed by atoms with van der Waals surface area (Å²) in [5.74, 6) is 0.295. The lowest BCUT2D eigenvalue weighted by atomic mass is 9.88. The number of rotatable bonds is 5. The van der Waals surface area contributed by atoms with E-state index in [0.717, 1.165) is 25.7 Å². The van der Waals surface area contributed by atoms with Gasteiger partial charge in [0.1, 0.15) is 11.7 Å². The maximum atomic E-state index is 13.1. The van der Waals surface area contributed by atoms with Gasteiger partial charge in [-0.15, -0.1) is 0 Å². The van der Waals surface area contributed by atoms with Gasteiger partial charge in [-0.05, 0) is 41.8 Å². The third-order valence-electron chi connectivity index (χ3n) is 6.27. The number of carbonyl (C=O) groups is 2. The van der Waals surface area contributed by atoms with Gasteiger partial charge in [0.25, 0.3) is 5.91 Å². The molecule has 1 aromatic rings. The van der Waals surface area contributed by atoms with Crippen molar-refractivity contribution < 1.29 is 19.4 Å². The van der Waals surface area contributed by atoms with Crippen LogP contribution < -0.4 is 4.74 Å². The van der Waals surface area contributed by atoms with Crippen LogP contribution in [0.2, 0.25) is 0 Å². The molecule has 1 fully saturated rings. The molecule has 2 amide bonds. The second kappa shape index (κ2) is 10.1. The first-order valence-electron chi connectivity index (χ1n) is 10.8. The fraction of sp³-hybridized carbons (Fsp3) is 0.682. The molecule has 0 aromatic carbocycles. The van der Waals surface area contributed by atoms with E-state index < -0.39 is 0 Å². The van der Waals surface area contributed by atoms with Crippen LogP contribution in [0.25, 0.3) is 0 Å². The Hall–Kier alpha value is -1.67. The van der Waals surface area contributed by atoms with E-state index in [2.05, 4.69) is 20.9 Å². The molecule has 1 aliphatic heterocycles. The topological polar surface area (TPSA) is 83.0 Å². The normalized spacial score (nSPS) is 23.8. The number of nitrogens with zero attached hydrogens (tertiary/aromatic N) is 3. The molecule has 0 saturated heterocycles. The number of fused-ring (bicyclic) bond motifs is 1. The molecule has 166 valence electrons. The minimum atomic E-state index is -0.327. The largest absolute Gasteiger partial charge is 0.472 e. The number of likely N-dealkylation sites (N-methyl/N-ethyl adjacent to an activating group) is 1. The molecule has 3 rings (SSSR count). The monoisotopic (exact) mass is 481 g/mol. The number of aliphatic hydroxyl groups excluding tert-OH is 1. The lowest BCUT2D eigenvalue weighted by Gasteiger charge is -2.38. The molecule has 7 nitrogen and oxygen atoms in total. The van der Waals surface area contributed by atoms with Crippen molar-refractivity contribution in [1.29, 1.82) is 0 Å². The average molecular weight is 482 g/mol. The molecular weight excluding hydrogens is 450 g/mol. The molecule has 1 aliphatic carbocycles. The van der Waals surface area contributed by atoms with Crippen molar-refractivity contribution in [2.75, 3.05) is 26.7 Å². The minimum Gasteiger partial charge on any atom is -0.472 e. The van der Waals surface area contributed by atoms with Crippen LogP contribution in [0.15, 0.2) is 16.7 Å². The van der Waals surface area contributed by atoms with Gasteiger partial charge in [0, 0.05) is 36.1 Å². The van der Waals surface area contributed by atoms with E-state index in [4.69, 9.17) is 4.74 Å². The van der Waals surface area contributed by atoms with Crippen LogP contribution in [-0.4, -0.2) is 70.6 Å². The Morgan fingerprint density at radius 3 is 2.77 bits per heavy atom. The SMILES string of the molecule is C[C@H]1CN([C@@H](C)CO)C(=O)c2cc(Br)cnc2O[C@@H]1CN(C)C(=O)C1CCCCC1. The molecule has 8 heteroatoms. The highest BCUT2D eigenvalue weighted by Crippen LogP contribution is 2.29. The van der Waals surface area contributed by atoms with Gasteiger partial charge in [-0.3, -0.25) is 9.59 Å². The van der Waals surface area contributed by atoms with E-state index in [1.807, 2.05) is 20.9 Å². The first-order chi connectivity index (χ1) is 14.3. The summed E-state index contributed by atoms with van der Waals surface area (Å²) in [4.78, 5) is 33.9. The summed E-state index contributed by atoms with van der Waals surface area (Å²) in [5.41, 5.74) is 0.364. The molecule has 0 radical (unpaired) electrons. The van der Waals surface area contributed by atoms with Gasteiger partial charge in [-0.2, -0.15) is 0 Å². The fourth-order valence-corrected chi connectivity index (χ4v) is 4.65. The molecule has 2 aliphatic rings. The summed E-state index contributed by atoms with van der Waals surface area (Å²) in [6, 6.07) is 1.37. The zero-order chi connectivity index (χ0) is 21.8. The minimum absolute atomic E-state index is 0.0387. The van der Waals surface area contributed by atoms with Crippen molar-refractivity contribution in [3.8, 4) is 5.88 Å². The van der Waals surface area contributed by atoms with E-state index in [9.17, 15) is 14.7 Å². The predicted octanol–water partition coefficient (Wildman–Crippen LogP) is 3.10. The van der Waals surface area contributed by atoms with Gasteiger partial charge >= 0.3 is 0 Å². The smallest absolute Gasteiger partial charge is 0.259 e. The predicted molar refractivity (Wildman–Crippen MR) is 117 cm³/mol. The molecule has 1 saturated carbocycles. The van der Waals surface area contributed by atoms with Crippen molar-refractivity contribution >= 4 is 27.7 Å². The zero-order valence-corrected chi connectivity index (χ0v) is 19.6.